The average Bonchev–Trinajstić information content (AvgIpc) is 3.22. The molecule has 0 unspecified atom stereocenters. The van der Waals surface area contributed by atoms with Crippen molar-refractivity contribution in [2.75, 3.05) is 13.1 Å². The largest absolute Gasteiger partial charge is 0.466 e. The number of nitrogens with zero attached hydrogens (tertiary/aromatic N) is 4. The van der Waals surface area contributed by atoms with Crippen LogP contribution in [0.5, 0.6) is 0 Å². The van der Waals surface area contributed by atoms with Crippen molar-refractivity contribution in [2.24, 2.45) is 0 Å². The summed E-state index contributed by atoms with van der Waals surface area (Å²) in [5, 5.41) is 5.29. The van der Waals surface area contributed by atoms with Crippen molar-refractivity contribution in [2.45, 2.75) is 59.8 Å². The number of amides is 1. The number of pyridine rings is 1. The van der Waals surface area contributed by atoms with Gasteiger partial charge >= 0.3 is 0 Å². The number of furan rings is 1. The van der Waals surface area contributed by atoms with Crippen LogP contribution in [-0.2, 0) is 4.74 Å². The van der Waals surface area contributed by atoms with Gasteiger partial charge in [0.05, 0.1) is 35.0 Å². The number of rotatable bonds is 3. The lowest BCUT2D eigenvalue weighted by Gasteiger charge is -2.35. The van der Waals surface area contributed by atoms with E-state index in [2.05, 4.69) is 18.9 Å². The van der Waals surface area contributed by atoms with E-state index in [1.165, 1.54) is 0 Å². The van der Waals surface area contributed by atoms with E-state index in [4.69, 9.17) is 14.1 Å². The first kappa shape index (κ1) is 19.6. The molecule has 0 saturated carbocycles. The topological polar surface area (TPSA) is 73.4 Å². The lowest BCUT2D eigenvalue weighted by Crippen LogP contribution is -2.48. The molecule has 0 spiro atoms. The fourth-order valence-electron chi connectivity index (χ4n) is 4.11. The average molecular weight is 396 g/mol. The van der Waals surface area contributed by atoms with Crippen LogP contribution in [0.25, 0.3) is 22.3 Å². The Morgan fingerprint density at radius 3 is 2.45 bits per heavy atom. The van der Waals surface area contributed by atoms with Gasteiger partial charge in [-0.05, 0) is 53.7 Å². The summed E-state index contributed by atoms with van der Waals surface area (Å²) in [6.07, 6.45) is 1.77. The first-order valence-electron chi connectivity index (χ1n) is 10.1. The fraction of sp³-hybridized carbons (Fsp3) is 0.500. The van der Waals surface area contributed by atoms with Crippen molar-refractivity contribution < 1.29 is 13.9 Å². The number of morpholine rings is 1. The highest BCUT2D eigenvalue weighted by Gasteiger charge is 2.29. The second kappa shape index (κ2) is 7.30. The molecule has 29 heavy (non-hydrogen) atoms. The van der Waals surface area contributed by atoms with E-state index < -0.39 is 0 Å². The number of fused-ring (bicyclic) bond motifs is 1. The Morgan fingerprint density at radius 1 is 1.17 bits per heavy atom. The van der Waals surface area contributed by atoms with E-state index in [0.29, 0.717) is 24.3 Å². The minimum absolute atomic E-state index is 0.0108. The van der Waals surface area contributed by atoms with E-state index >= 15 is 0 Å². The van der Waals surface area contributed by atoms with Crippen LogP contribution in [-0.4, -0.2) is 50.9 Å². The zero-order chi connectivity index (χ0) is 20.9. The number of aryl methyl sites for hydroxylation is 2. The van der Waals surface area contributed by atoms with E-state index in [0.717, 1.165) is 28.2 Å². The Labute approximate surface area is 170 Å². The van der Waals surface area contributed by atoms with E-state index in [-0.39, 0.29) is 24.2 Å². The highest BCUT2D eigenvalue weighted by Crippen LogP contribution is 2.31. The van der Waals surface area contributed by atoms with Gasteiger partial charge in [-0.3, -0.25) is 4.79 Å². The highest BCUT2D eigenvalue weighted by molar-refractivity contribution is 6.06. The van der Waals surface area contributed by atoms with Crippen molar-refractivity contribution in [3.8, 4) is 11.3 Å². The molecule has 0 aromatic carbocycles. The van der Waals surface area contributed by atoms with Gasteiger partial charge in [-0.25, -0.2) is 9.67 Å². The summed E-state index contributed by atoms with van der Waals surface area (Å²) in [4.78, 5) is 20.3. The molecule has 0 radical (unpaired) electrons. The van der Waals surface area contributed by atoms with Crippen LogP contribution in [0, 0.1) is 13.8 Å². The molecular formula is C22H28N4O3. The maximum absolute atomic E-state index is 13.5. The maximum Gasteiger partial charge on any atom is 0.254 e. The Kier molecular flexibility index (Phi) is 4.94. The van der Waals surface area contributed by atoms with E-state index in [9.17, 15) is 4.79 Å². The molecule has 0 bridgehead atoms. The monoisotopic (exact) mass is 396 g/mol. The molecule has 0 aliphatic carbocycles. The summed E-state index contributed by atoms with van der Waals surface area (Å²) in [5.74, 6) is 1.60. The Morgan fingerprint density at radius 2 is 1.86 bits per heavy atom. The third kappa shape index (κ3) is 3.55. The van der Waals surface area contributed by atoms with Crippen LogP contribution in [0.15, 0.2) is 22.7 Å². The molecule has 7 nitrogen and oxygen atoms in total. The molecule has 3 aromatic heterocycles. The minimum atomic E-state index is -0.0122. The fourth-order valence-corrected chi connectivity index (χ4v) is 4.11. The molecule has 4 rings (SSSR count). The Balaban J connectivity index is 1.88. The number of ether oxygens (including phenoxy) is 1. The van der Waals surface area contributed by atoms with E-state index in [1.807, 2.05) is 49.4 Å². The van der Waals surface area contributed by atoms with Gasteiger partial charge in [0, 0.05) is 24.7 Å². The van der Waals surface area contributed by atoms with Gasteiger partial charge in [-0.2, -0.15) is 5.10 Å². The molecular weight excluding hydrogens is 368 g/mol. The first-order valence-corrected chi connectivity index (χ1v) is 10.1. The number of hydrogen-bond donors (Lipinski definition) is 0. The van der Waals surface area contributed by atoms with Crippen LogP contribution in [0.1, 0.15) is 55.6 Å². The third-order valence-electron chi connectivity index (χ3n) is 5.31. The summed E-state index contributed by atoms with van der Waals surface area (Å²) < 4.78 is 13.4. The smallest absolute Gasteiger partial charge is 0.254 e. The number of aromatic nitrogens is 3. The zero-order valence-electron chi connectivity index (χ0n) is 17.9. The normalized spacial score (nSPS) is 20.0. The number of carbonyl (C=O) groups excluding carboxylic acids is 1. The molecule has 1 fully saturated rings. The molecule has 1 aliphatic rings. The first-order chi connectivity index (χ1) is 13.7. The quantitative estimate of drug-likeness (QED) is 0.665. The molecule has 4 heterocycles. The van der Waals surface area contributed by atoms with Crippen LogP contribution in [0.4, 0.5) is 0 Å². The molecule has 7 heteroatoms. The Bertz CT molecular complexity index is 1060. The zero-order valence-corrected chi connectivity index (χ0v) is 17.9. The maximum atomic E-state index is 13.5. The second-order valence-corrected chi connectivity index (χ2v) is 8.27. The van der Waals surface area contributed by atoms with Gasteiger partial charge in [0.2, 0.25) is 0 Å². The molecule has 1 amide bonds. The standard InChI is InChI=1S/C22H28N4O3/c1-12(2)26-21-19(9-23-26)18(22(27)25-10-14(4)28-15(5)11-25)8-20(24-21)17-7-13(3)29-16(17)6/h7-9,12,14-15H,10-11H2,1-6H3/t14-,15-/m1/s1. The molecule has 1 saturated heterocycles. The van der Waals surface area contributed by atoms with Gasteiger partial charge in [0.1, 0.15) is 11.5 Å². The Hall–Kier alpha value is -2.67. The van der Waals surface area contributed by atoms with Crippen LogP contribution in [0.2, 0.25) is 0 Å². The predicted octanol–water partition coefficient (Wildman–Crippen LogP) is 4.14. The number of hydrogen-bond acceptors (Lipinski definition) is 5. The molecule has 3 aromatic rings. The third-order valence-corrected chi connectivity index (χ3v) is 5.31. The SMILES string of the molecule is Cc1cc(-c2cc(C(=O)N3C[C@@H](C)O[C@H](C)C3)c3cnn(C(C)C)c3n2)c(C)o1. The van der Waals surface area contributed by atoms with Crippen LogP contribution < -0.4 is 0 Å². The summed E-state index contributed by atoms with van der Waals surface area (Å²) in [6, 6.07) is 3.97. The van der Waals surface area contributed by atoms with Crippen molar-refractivity contribution in [1.29, 1.82) is 0 Å². The van der Waals surface area contributed by atoms with Crippen LogP contribution >= 0.6 is 0 Å². The van der Waals surface area contributed by atoms with Crippen molar-refractivity contribution in [3.63, 3.8) is 0 Å². The lowest BCUT2D eigenvalue weighted by atomic mass is 10.1. The summed E-state index contributed by atoms with van der Waals surface area (Å²) in [7, 11) is 0. The van der Waals surface area contributed by atoms with Gasteiger partial charge in [-0.15, -0.1) is 0 Å². The summed E-state index contributed by atoms with van der Waals surface area (Å²) >= 11 is 0. The van der Waals surface area contributed by atoms with Crippen molar-refractivity contribution in [3.05, 3.63) is 35.4 Å². The molecule has 0 N–H and O–H groups in total. The minimum Gasteiger partial charge on any atom is -0.466 e. The molecule has 2 atom stereocenters. The predicted molar refractivity (Wildman–Crippen MR) is 111 cm³/mol. The van der Waals surface area contributed by atoms with Gasteiger partial charge < -0.3 is 14.1 Å². The summed E-state index contributed by atoms with van der Waals surface area (Å²) in [6.45, 7) is 13.1. The van der Waals surface area contributed by atoms with Gasteiger partial charge in [0.15, 0.2) is 5.65 Å². The van der Waals surface area contributed by atoms with Crippen molar-refractivity contribution >= 4 is 16.9 Å². The van der Waals surface area contributed by atoms with Gasteiger partial charge in [0.25, 0.3) is 5.91 Å². The summed E-state index contributed by atoms with van der Waals surface area (Å²) in [5.41, 5.74) is 2.97. The van der Waals surface area contributed by atoms with Crippen LogP contribution in [0.3, 0.4) is 0 Å². The lowest BCUT2D eigenvalue weighted by molar-refractivity contribution is -0.0585. The van der Waals surface area contributed by atoms with Crippen molar-refractivity contribution in [1.82, 2.24) is 19.7 Å². The molecule has 1 aliphatic heterocycles. The second-order valence-electron chi connectivity index (χ2n) is 8.27. The highest BCUT2D eigenvalue weighted by atomic mass is 16.5. The van der Waals surface area contributed by atoms with E-state index in [1.54, 1.807) is 6.20 Å². The molecule has 154 valence electrons. The number of carbonyl (C=O) groups is 1. The van der Waals surface area contributed by atoms with Gasteiger partial charge in [-0.1, -0.05) is 0 Å².